The highest BCUT2D eigenvalue weighted by Gasteiger charge is 2.43. The van der Waals surface area contributed by atoms with Crippen LogP contribution >= 0.6 is 15.9 Å². The molecule has 1 aromatic carbocycles. The summed E-state index contributed by atoms with van der Waals surface area (Å²) >= 11 is 3.27. The van der Waals surface area contributed by atoms with E-state index in [-0.39, 0.29) is 5.82 Å². The molecule has 1 unspecified atom stereocenters. The minimum atomic E-state index is -1.11. The number of benzene rings is 1. The summed E-state index contributed by atoms with van der Waals surface area (Å²) in [6.07, 6.45) is 2.00. The Morgan fingerprint density at radius 1 is 1.44 bits per heavy atom. The van der Waals surface area contributed by atoms with E-state index in [0.717, 1.165) is 25.9 Å². The molecule has 1 N–H and O–H groups in total. The van der Waals surface area contributed by atoms with Gasteiger partial charge in [0.05, 0.1) is 0 Å². The van der Waals surface area contributed by atoms with E-state index in [2.05, 4.69) is 15.9 Å². The van der Waals surface area contributed by atoms with E-state index in [0.29, 0.717) is 10.0 Å². The van der Waals surface area contributed by atoms with Crippen molar-refractivity contribution in [3.05, 3.63) is 34.1 Å². The molecule has 1 heterocycles. The third-order valence-corrected chi connectivity index (χ3v) is 4.27. The number of nitrogens with zero attached hydrogens (tertiary/aromatic N) is 1. The van der Waals surface area contributed by atoms with Crippen LogP contribution in [-0.2, 0) is 10.3 Å². The van der Waals surface area contributed by atoms with Crippen LogP contribution in [0.3, 0.4) is 0 Å². The molecule has 1 aromatic rings. The molecule has 1 atom stereocenters. The molecule has 98 valence electrons. The summed E-state index contributed by atoms with van der Waals surface area (Å²) in [5, 5.41) is 9.58. The van der Waals surface area contributed by atoms with Crippen molar-refractivity contribution in [1.82, 2.24) is 4.90 Å². The monoisotopic (exact) mass is 315 g/mol. The van der Waals surface area contributed by atoms with Gasteiger partial charge in [0.15, 0.2) is 0 Å². The highest BCUT2D eigenvalue weighted by atomic mass is 79.9. The zero-order valence-electron chi connectivity index (χ0n) is 10.1. The maximum Gasteiger partial charge on any atom is 0.328 e. The lowest BCUT2D eigenvalue weighted by Gasteiger charge is -2.35. The summed E-state index contributed by atoms with van der Waals surface area (Å²) < 4.78 is 13.6. The number of likely N-dealkylation sites (tertiary alicyclic amines) is 1. The molecule has 1 saturated heterocycles. The van der Waals surface area contributed by atoms with Gasteiger partial charge in [-0.15, -0.1) is 0 Å². The molecule has 0 spiro atoms. The van der Waals surface area contributed by atoms with Crippen molar-refractivity contribution in [1.29, 1.82) is 0 Å². The lowest BCUT2D eigenvalue weighted by atomic mass is 9.90. The second kappa shape index (κ2) is 4.97. The first-order valence-electron chi connectivity index (χ1n) is 5.90. The van der Waals surface area contributed by atoms with Gasteiger partial charge in [0.1, 0.15) is 11.4 Å². The topological polar surface area (TPSA) is 40.5 Å². The SMILES string of the molecule is CC(C(=O)O)(c1ccc(F)cc1Br)N1CCCC1. The first-order chi connectivity index (χ1) is 8.46. The second-order valence-electron chi connectivity index (χ2n) is 4.70. The van der Waals surface area contributed by atoms with Crippen LogP contribution in [0.4, 0.5) is 4.39 Å². The van der Waals surface area contributed by atoms with Gasteiger partial charge in [-0.3, -0.25) is 4.90 Å². The molecule has 0 radical (unpaired) electrons. The molecule has 0 amide bonds. The molecule has 0 bridgehead atoms. The number of carbonyl (C=O) groups is 1. The van der Waals surface area contributed by atoms with Crippen molar-refractivity contribution < 1.29 is 14.3 Å². The fourth-order valence-corrected chi connectivity index (χ4v) is 3.21. The molecule has 0 aromatic heterocycles. The van der Waals surface area contributed by atoms with Gasteiger partial charge in [-0.25, -0.2) is 9.18 Å². The van der Waals surface area contributed by atoms with Crippen molar-refractivity contribution in [2.75, 3.05) is 13.1 Å². The van der Waals surface area contributed by atoms with Gasteiger partial charge in [0, 0.05) is 4.47 Å². The van der Waals surface area contributed by atoms with Crippen LogP contribution in [0.2, 0.25) is 0 Å². The summed E-state index contributed by atoms with van der Waals surface area (Å²) in [5.41, 5.74) is -0.512. The summed E-state index contributed by atoms with van der Waals surface area (Å²) in [4.78, 5) is 13.6. The molecular weight excluding hydrogens is 301 g/mol. The predicted molar refractivity (Wildman–Crippen MR) is 69.9 cm³/mol. The fraction of sp³-hybridized carbons (Fsp3) is 0.462. The molecule has 1 aliphatic heterocycles. The zero-order valence-corrected chi connectivity index (χ0v) is 11.7. The Kier molecular flexibility index (Phi) is 3.73. The lowest BCUT2D eigenvalue weighted by molar-refractivity contribution is -0.150. The summed E-state index contributed by atoms with van der Waals surface area (Å²) in [6.45, 7) is 3.19. The molecule has 0 aliphatic carbocycles. The predicted octanol–water partition coefficient (Wildman–Crippen LogP) is 2.98. The fourth-order valence-electron chi connectivity index (χ4n) is 2.47. The smallest absolute Gasteiger partial charge is 0.328 e. The van der Waals surface area contributed by atoms with Crippen molar-refractivity contribution in [3.8, 4) is 0 Å². The molecule has 3 nitrogen and oxygen atoms in total. The Morgan fingerprint density at radius 3 is 2.56 bits per heavy atom. The average Bonchev–Trinajstić information content (AvgIpc) is 2.81. The quantitative estimate of drug-likeness (QED) is 0.932. The van der Waals surface area contributed by atoms with Crippen molar-refractivity contribution >= 4 is 21.9 Å². The molecular formula is C13H15BrFNO2. The van der Waals surface area contributed by atoms with Gasteiger partial charge >= 0.3 is 5.97 Å². The number of carboxylic acid groups (broad SMARTS) is 1. The first-order valence-corrected chi connectivity index (χ1v) is 6.69. The second-order valence-corrected chi connectivity index (χ2v) is 5.55. The van der Waals surface area contributed by atoms with Gasteiger partial charge in [-0.2, -0.15) is 0 Å². The van der Waals surface area contributed by atoms with Crippen molar-refractivity contribution in [2.45, 2.75) is 25.3 Å². The Labute approximate surface area is 114 Å². The number of hydrogen-bond donors (Lipinski definition) is 1. The highest BCUT2D eigenvalue weighted by Crippen LogP contribution is 2.36. The first kappa shape index (κ1) is 13.5. The summed E-state index contributed by atoms with van der Waals surface area (Å²) in [6, 6.07) is 4.16. The number of aliphatic carboxylic acids is 1. The standard InChI is InChI=1S/C13H15BrFNO2/c1-13(12(17)18,16-6-2-3-7-16)10-5-4-9(15)8-11(10)14/h4-5,8H,2-3,6-7H2,1H3,(H,17,18). The molecule has 1 aliphatic rings. The maximum absolute atomic E-state index is 13.1. The number of hydrogen-bond acceptors (Lipinski definition) is 2. The van der Waals surface area contributed by atoms with E-state index < -0.39 is 11.5 Å². The highest BCUT2D eigenvalue weighted by molar-refractivity contribution is 9.10. The minimum Gasteiger partial charge on any atom is -0.480 e. The Balaban J connectivity index is 2.49. The van der Waals surface area contributed by atoms with Crippen LogP contribution in [0.1, 0.15) is 25.3 Å². The number of carboxylic acids is 1. The Morgan fingerprint density at radius 2 is 2.06 bits per heavy atom. The molecule has 1 fully saturated rings. The third-order valence-electron chi connectivity index (χ3n) is 3.61. The maximum atomic E-state index is 13.1. The van der Waals surface area contributed by atoms with Crippen LogP contribution in [0.25, 0.3) is 0 Å². The lowest BCUT2D eigenvalue weighted by Crippen LogP contribution is -2.48. The minimum absolute atomic E-state index is 0.375. The van der Waals surface area contributed by atoms with E-state index in [9.17, 15) is 14.3 Å². The van der Waals surface area contributed by atoms with Gasteiger partial charge in [-0.05, 0) is 50.6 Å². The van der Waals surface area contributed by atoms with Crippen LogP contribution in [0, 0.1) is 5.82 Å². The van der Waals surface area contributed by atoms with E-state index >= 15 is 0 Å². The van der Waals surface area contributed by atoms with E-state index in [1.807, 2.05) is 4.90 Å². The van der Waals surface area contributed by atoms with Gasteiger partial charge in [0.2, 0.25) is 0 Å². The van der Waals surface area contributed by atoms with Crippen molar-refractivity contribution in [3.63, 3.8) is 0 Å². The number of halogens is 2. The van der Waals surface area contributed by atoms with Gasteiger partial charge in [0.25, 0.3) is 0 Å². The largest absolute Gasteiger partial charge is 0.480 e. The van der Waals surface area contributed by atoms with Crippen molar-refractivity contribution in [2.24, 2.45) is 0 Å². The van der Waals surface area contributed by atoms with Gasteiger partial charge < -0.3 is 5.11 Å². The van der Waals surface area contributed by atoms with E-state index in [4.69, 9.17) is 0 Å². The van der Waals surface area contributed by atoms with Crippen LogP contribution in [0.5, 0.6) is 0 Å². The molecule has 5 heteroatoms. The normalized spacial score (nSPS) is 19.7. The third kappa shape index (κ3) is 2.17. The van der Waals surface area contributed by atoms with Crippen LogP contribution in [-0.4, -0.2) is 29.1 Å². The average molecular weight is 316 g/mol. The van der Waals surface area contributed by atoms with Crippen LogP contribution < -0.4 is 0 Å². The van der Waals surface area contributed by atoms with Crippen LogP contribution in [0.15, 0.2) is 22.7 Å². The molecule has 0 saturated carbocycles. The Hall–Kier alpha value is -0.940. The van der Waals surface area contributed by atoms with E-state index in [1.165, 1.54) is 12.1 Å². The summed E-state index contributed by atoms with van der Waals surface area (Å²) in [5.74, 6) is -1.28. The Bertz CT molecular complexity index is 474. The zero-order chi connectivity index (χ0) is 13.3. The van der Waals surface area contributed by atoms with Gasteiger partial charge in [-0.1, -0.05) is 22.0 Å². The number of rotatable bonds is 3. The molecule has 18 heavy (non-hydrogen) atoms. The molecule has 2 rings (SSSR count). The van der Waals surface area contributed by atoms with E-state index in [1.54, 1.807) is 13.0 Å². The summed E-state index contributed by atoms with van der Waals surface area (Å²) in [7, 11) is 0.